The van der Waals surface area contributed by atoms with Crippen molar-refractivity contribution in [3.05, 3.63) is 12.7 Å². The summed E-state index contributed by atoms with van der Waals surface area (Å²) in [4.78, 5) is 70.2. The Hall–Kier alpha value is -2.96. The molecule has 4 atom stereocenters. The van der Waals surface area contributed by atoms with Crippen molar-refractivity contribution in [2.45, 2.75) is 155 Å². The minimum atomic E-state index is -3.57. The Morgan fingerprint density at radius 3 is 2.06 bits per heavy atom. The summed E-state index contributed by atoms with van der Waals surface area (Å²) in [7, 11) is -3.57. The van der Waals surface area contributed by atoms with Crippen molar-refractivity contribution in [3.63, 3.8) is 0 Å². The average Bonchev–Trinajstić information content (AvgIpc) is 2.99. The van der Waals surface area contributed by atoms with Gasteiger partial charge in [0.15, 0.2) is 9.84 Å². The van der Waals surface area contributed by atoms with E-state index in [-0.39, 0.29) is 36.1 Å². The maximum Gasteiger partial charge on any atom is 0.315 e. The van der Waals surface area contributed by atoms with Crippen LogP contribution < -0.4 is 21.3 Å². The molecule has 0 bridgehead atoms. The molecule has 0 spiro atoms. The summed E-state index contributed by atoms with van der Waals surface area (Å²) in [6, 6.07) is -3.67. The molecule has 12 nitrogen and oxygen atoms in total. The highest BCUT2D eigenvalue weighted by Crippen LogP contribution is 2.40. The highest BCUT2D eigenvalue weighted by molar-refractivity contribution is 7.92. The molecule has 4 N–H and O–H groups in total. The fraction of sp³-hybridized carbons (Fsp3) is 0.816. The van der Waals surface area contributed by atoms with Crippen molar-refractivity contribution in [2.75, 3.05) is 18.8 Å². The Morgan fingerprint density at radius 2 is 1.55 bits per heavy atom. The van der Waals surface area contributed by atoms with Gasteiger partial charge in [0.1, 0.15) is 12.1 Å². The Bertz CT molecular complexity index is 1420. The first-order valence-corrected chi connectivity index (χ1v) is 20.4. The van der Waals surface area contributed by atoms with E-state index in [0.717, 1.165) is 38.5 Å². The minimum absolute atomic E-state index is 0.00476. The molecule has 51 heavy (non-hydrogen) atoms. The molecule has 1 saturated heterocycles. The third-order valence-electron chi connectivity index (χ3n) is 11.5. The van der Waals surface area contributed by atoms with Crippen molar-refractivity contribution >= 4 is 39.4 Å². The van der Waals surface area contributed by atoms with Crippen LogP contribution in [0.5, 0.6) is 0 Å². The van der Waals surface area contributed by atoms with Crippen LogP contribution in [-0.2, 0) is 29.0 Å². The van der Waals surface area contributed by atoms with Gasteiger partial charge in [0.05, 0.1) is 22.1 Å². The fourth-order valence-electron chi connectivity index (χ4n) is 7.27. The molecular formula is C38H65N5O7S. The summed E-state index contributed by atoms with van der Waals surface area (Å²) in [5.74, 6) is -2.45. The van der Waals surface area contributed by atoms with Crippen LogP contribution >= 0.6 is 0 Å². The van der Waals surface area contributed by atoms with Gasteiger partial charge in [0.2, 0.25) is 17.6 Å². The van der Waals surface area contributed by atoms with E-state index in [0.29, 0.717) is 25.7 Å². The van der Waals surface area contributed by atoms with Crippen LogP contribution in [0.25, 0.3) is 0 Å². The van der Waals surface area contributed by atoms with E-state index in [1.807, 2.05) is 41.5 Å². The third-order valence-corrected chi connectivity index (χ3v) is 14.3. The molecular weight excluding hydrogens is 671 g/mol. The number of sulfone groups is 1. The molecule has 3 fully saturated rings. The van der Waals surface area contributed by atoms with Crippen molar-refractivity contribution in [3.8, 4) is 0 Å². The van der Waals surface area contributed by atoms with Crippen molar-refractivity contribution in [1.82, 2.24) is 26.2 Å². The number of amides is 5. The third kappa shape index (κ3) is 10.8. The maximum atomic E-state index is 14.6. The topological polar surface area (TPSA) is 171 Å². The quantitative estimate of drug-likeness (QED) is 0.160. The van der Waals surface area contributed by atoms with Crippen LogP contribution in [0, 0.1) is 22.7 Å². The van der Waals surface area contributed by atoms with Gasteiger partial charge in [-0.3, -0.25) is 19.2 Å². The monoisotopic (exact) mass is 735 g/mol. The number of nitrogens with zero attached hydrogens (tertiary/aromatic N) is 1. The molecule has 5 amide bonds. The van der Waals surface area contributed by atoms with Gasteiger partial charge in [-0.1, -0.05) is 86.1 Å². The molecule has 0 radical (unpaired) electrons. The number of carbonyl (C=O) groups excluding carboxylic acids is 5. The number of ketones is 1. The van der Waals surface area contributed by atoms with Gasteiger partial charge in [0.25, 0.3) is 5.91 Å². The first-order chi connectivity index (χ1) is 23.4. The summed E-state index contributed by atoms with van der Waals surface area (Å²) in [6.45, 7) is 20.5. The largest absolute Gasteiger partial charge is 0.346 e. The second-order valence-corrected chi connectivity index (χ2v) is 20.9. The number of hydrogen-bond acceptors (Lipinski definition) is 7. The Morgan fingerprint density at radius 1 is 0.941 bits per heavy atom. The Kier molecular flexibility index (Phi) is 13.6. The smallest absolute Gasteiger partial charge is 0.315 e. The number of nitrogens with one attached hydrogen (secondary N) is 4. The number of hydrogen-bond donors (Lipinski definition) is 4. The summed E-state index contributed by atoms with van der Waals surface area (Å²) in [6.07, 6.45) is 8.51. The predicted octanol–water partition coefficient (Wildman–Crippen LogP) is 4.43. The molecule has 2 aliphatic carbocycles. The van der Waals surface area contributed by atoms with Crippen LogP contribution in [0.4, 0.5) is 4.79 Å². The van der Waals surface area contributed by atoms with Gasteiger partial charge < -0.3 is 26.2 Å². The molecule has 2 unspecified atom stereocenters. The van der Waals surface area contributed by atoms with Crippen LogP contribution in [0.2, 0.25) is 0 Å². The maximum absolute atomic E-state index is 14.6. The Labute approximate surface area is 306 Å². The van der Waals surface area contributed by atoms with Gasteiger partial charge in [-0.05, 0) is 69.1 Å². The number of piperidine rings is 1. The van der Waals surface area contributed by atoms with E-state index in [2.05, 4.69) is 27.8 Å². The fourth-order valence-corrected chi connectivity index (χ4v) is 8.79. The first-order valence-electron chi connectivity index (χ1n) is 18.8. The molecule has 290 valence electrons. The SMILES string of the molecule is C=CCNC(=O)C(=O)C(CC1CCC1)NC(=O)[C@@H]1CC(C)(C)C(C)CN1C(=O)[C@@H](NC(=O)NC1(CS(=O)(=O)C(C)(C)C)CCCCC1)C(C)(C)C. The summed E-state index contributed by atoms with van der Waals surface area (Å²) in [5.41, 5.74) is -2.08. The number of carbonyl (C=O) groups is 5. The highest BCUT2D eigenvalue weighted by Gasteiger charge is 2.49. The minimum Gasteiger partial charge on any atom is -0.346 e. The second-order valence-electron chi connectivity index (χ2n) is 18.2. The van der Waals surface area contributed by atoms with Gasteiger partial charge in [0, 0.05) is 13.1 Å². The summed E-state index contributed by atoms with van der Waals surface area (Å²) < 4.78 is 25.7. The Balaban J connectivity index is 1.90. The van der Waals surface area contributed by atoms with Crippen LogP contribution in [0.3, 0.4) is 0 Å². The normalized spacial score (nSPS) is 23.5. The summed E-state index contributed by atoms with van der Waals surface area (Å²) in [5, 5.41) is 11.3. The van der Waals surface area contributed by atoms with E-state index in [1.54, 1.807) is 20.8 Å². The van der Waals surface area contributed by atoms with Gasteiger partial charge in [-0.15, -0.1) is 6.58 Å². The number of Topliss-reactive ketones (excluding diaryl/α,β-unsaturated/α-hetero) is 1. The molecule has 0 aromatic rings. The number of likely N-dealkylation sites (tertiary alicyclic amines) is 1. The summed E-state index contributed by atoms with van der Waals surface area (Å²) >= 11 is 0. The van der Waals surface area contributed by atoms with Crippen molar-refractivity contribution in [2.24, 2.45) is 22.7 Å². The van der Waals surface area contributed by atoms with Crippen molar-refractivity contribution < 1.29 is 32.4 Å². The molecule has 3 rings (SSSR count). The lowest BCUT2D eigenvalue weighted by molar-refractivity contribution is -0.151. The molecule has 13 heteroatoms. The molecule has 1 heterocycles. The van der Waals surface area contributed by atoms with E-state index in [9.17, 15) is 32.4 Å². The highest BCUT2D eigenvalue weighted by atomic mass is 32.2. The van der Waals surface area contributed by atoms with E-state index in [1.165, 1.54) is 11.0 Å². The number of urea groups is 1. The average molecular weight is 736 g/mol. The molecule has 1 aliphatic heterocycles. The lowest BCUT2D eigenvalue weighted by Crippen LogP contribution is -2.66. The van der Waals surface area contributed by atoms with Crippen molar-refractivity contribution in [1.29, 1.82) is 0 Å². The molecule has 3 aliphatic rings. The zero-order valence-electron chi connectivity index (χ0n) is 32.6. The zero-order chi connectivity index (χ0) is 38.6. The van der Waals surface area contributed by atoms with Gasteiger partial charge >= 0.3 is 6.03 Å². The lowest BCUT2D eigenvalue weighted by atomic mass is 9.70. The van der Waals surface area contributed by atoms with E-state index < -0.39 is 73.2 Å². The molecule has 2 saturated carbocycles. The second kappa shape index (κ2) is 16.4. The molecule has 0 aromatic heterocycles. The number of rotatable bonds is 13. The van der Waals surface area contributed by atoms with Crippen LogP contribution in [0.15, 0.2) is 12.7 Å². The standard InChI is InChI=1S/C38H65N5O7S/c1-11-20-39-32(46)29(44)27(21-26-16-15-17-26)40-31(45)28-22-37(9,10)25(2)23-43(28)33(47)30(35(3,4)5)41-34(48)42-38(18-13-12-14-19-38)24-51(49,50)36(6,7)8/h11,25-28,30H,1,12-24H2,2-10H3,(H,39,46)(H,40,45)(H2,41,42,48)/t25?,27?,28-,30+/m0/s1. The lowest BCUT2D eigenvalue weighted by Gasteiger charge is -2.49. The first kappa shape index (κ1) is 42.5. The van der Waals surface area contributed by atoms with Crippen LogP contribution in [-0.4, -0.2) is 90.1 Å². The predicted molar refractivity (Wildman–Crippen MR) is 199 cm³/mol. The molecule has 0 aromatic carbocycles. The van der Waals surface area contributed by atoms with E-state index >= 15 is 0 Å². The van der Waals surface area contributed by atoms with Gasteiger partial charge in [-0.2, -0.15) is 0 Å². The van der Waals surface area contributed by atoms with E-state index in [4.69, 9.17) is 0 Å². The van der Waals surface area contributed by atoms with Gasteiger partial charge in [-0.25, -0.2) is 13.2 Å². The van der Waals surface area contributed by atoms with Crippen LogP contribution in [0.1, 0.15) is 127 Å². The zero-order valence-corrected chi connectivity index (χ0v) is 33.4.